The molecule has 0 unspecified atom stereocenters. The van der Waals surface area contributed by atoms with Crippen LogP contribution in [0.4, 0.5) is 0 Å². The van der Waals surface area contributed by atoms with Crippen LogP contribution in [0.5, 0.6) is 0 Å². The molecule has 25 heavy (non-hydrogen) atoms. The largest absolute Gasteiger partial charge is 0.0654 e. The summed E-state index contributed by atoms with van der Waals surface area (Å²) in [7, 11) is 0. The zero-order valence-electron chi connectivity index (χ0n) is 17.1. The minimum atomic E-state index is 0.996. The van der Waals surface area contributed by atoms with E-state index < -0.39 is 0 Å². The quantitative estimate of drug-likeness (QED) is 0.336. The first-order chi connectivity index (χ1) is 12.3. The maximum atomic E-state index is 2.39. The second-order valence-corrected chi connectivity index (χ2v) is 8.55. The smallest absolute Gasteiger partial charge is 0.0276 e. The normalized spacial score (nSPS) is 20.7. The summed E-state index contributed by atoms with van der Waals surface area (Å²) in [6.45, 7) is 4.60. The molecule has 0 N–H and O–H groups in total. The number of hydrogen-bond acceptors (Lipinski definition) is 0. The molecule has 0 aliphatic heterocycles. The molecule has 0 spiro atoms. The molecule has 0 nitrogen and oxygen atoms in total. The standard InChI is InChI=1S/C25H42/c1-3-5-7-9-11-23-14-18-25(19-15-23)21-20-24-16-12-22(13-17-24)10-8-6-4-2/h14-15,18-19,22,24H,3-13,16-17,20-21H2,1-2H3/t22-,24-. The van der Waals surface area contributed by atoms with E-state index in [4.69, 9.17) is 0 Å². The zero-order chi connectivity index (χ0) is 17.7. The summed E-state index contributed by atoms with van der Waals surface area (Å²) in [5, 5.41) is 0. The van der Waals surface area contributed by atoms with Gasteiger partial charge in [-0.3, -0.25) is 0 Å². The Labute approximate surface area is 157 Å². The van der Waals surface area contributed by atoms with Gasteiger partial charge in [-0.15, -0.1) is 0 Å². The highest BCUT2D eigenvalue weighted by Gasteiger charge is 2.20. The number of unbranched alkanes of at least 4 members (excludes halogenated alkanes) is 5. The summed E-state index contributed by atoms with van der Waals surface area (Å²) in [6, 6.07) is 9.55. The van der Waals surface area contributed by atoms with Gasteiger partial charge in [-0.2, -0.15) is 0 Å². The first-order valence-corrected chi connectivity index (χ1v) is 11.4. The first kappa shape index (κ1) is 20.5. The van der Waals surface area contributed by atoms with Crippen molar-refractivity contribution in [3.8, 4) is 0 Å². The lowest BCUT2D eigenvalue weighted by atomic mass is 9.78. The zero-order valence-corrected chi connectivity index (χ0v) is 17.1. The first-order valence-electron chi connectivity index (χ1n) is 11.4. The van der Waals surface area contributed by atoms with Gasteiger partial charge >= 0.3 is 0 Å². The predicted octanol–water partition coefficient (Wildman–Crippen LogP) is 8.13. The minimum absolute atomic E-state index is 0.996. The molecule has 0 aromatic heterocycles. The van der Waals surface area contributed by atoms with Gasteiger partial charge in [-0.1, -0.05) is 109 Å². The van der Waals surface area contributed by atoms with Gasteiger partial charge in [0.05, 0.1) is 0 Å². The van der Waals surface area contributed by atoms with Gasteiger partial charge in [0, 0.05) is 0 Å². The van der Waals surface area contributed by atoms with E-state index in [1.165, 1.54) is 102 Å². The average Bonchev–Trinajstić information content (AvgIpc) is 2.66. The van der Waals surface area contributed by atoms with Gasteiger partial charge in [-0.25, -0.2) is 0 Å². The summed E-state index contributed by atoms with van der Waals surface area (Å²) >= 11 is 0. The Bertz CT molecular complexity index is 422. The summed E-state index contributed by atoms with van der Waals surface area (Å²) in [5.41, 5.74) is 3.09. The van der Waals surface area contributed by atoms with Crippen molar-refractivity contribution in [3.05, 3.63) is 35.4 Å². The van der Waals surface area contributed by atoms with Gasteiger partial charge in [0.15, 0.2) is 0 Å². The molecule has 0 atom stereocenters. The van der Waals surface area contributed by atoms with E-state index in [1.54, 1.807) is 5.56 Å². The highest BCUT2D eigenvalue weighted by molar-refractivity contribution is 5.22. The lowest BCUT2D eigenvalue weighted by Crippen LogP contribution is -2.15. The molecule has 0 bridgehead atoms. The SMILES string of the molecule is CCCCCCc1ccc(CC[C@H]2CC[C@H](CCCCC)CC2)cc1. The Hall–Kier alpha value is -0.780. The van der Waals surface area contributed by atoms with Crippen molar-refractivity contribution in [2.24, 2.45) is 11.8 Å². The van der Waals surface area contributed by atoms with Crippen molar-refractivity contribution in [1.82, 2.24) is 0 Å². The molecule has 0 amide bonds. The van der Waals surface area contributed by atoms with Gasteiger partial charge in [0.1, 0.15) is 0 Å². The van der Waals surface area contributed by atoms with E-state index in [0.717, 1.165) is 11.8 Å². The van der Waals surface area contributed by atoms with Crippen LogP contribution >= 0.6 is 0 Å². The molecule has 142 valence electrons. The third-order valence-electron chi connectivity index (χ3n) is 6.37. The fourth-order valence-electron chi connectivity index (χ4n) is 4.49. The van der Waals surface area contributed by atoms with Crippen molar-refractivity contribution < 1.29 is 0 Å². The summed E-state index contributed by atoms with van der Waals surface area (Å²) < 4.78 is 0. The molecule has 0 saturated heterocycles. The molecule has 1 aliphatic rings. The van der Waals surface area contributed by atoms with Crippen LogP contribution in [0.1, 0.15) is 108 Å². The van der Waals surface area contributed by atoms with E-state index in [2.05, 4.69) is 38.1 Å². The van der Waals surface area contributed by atoms with E-state index in [0.29, 0.717) is 0 Å². The molecule has 0 heterocycles. The molecule has 0 heteroatoms. The Morgan fingerprint density at radius 3 is 1.72 bits per heavy atom. The van der Waals surface area contributed by atoms with E-state index in [1.807, 2.05) is 0 Å². The molecule has 1 fully saturated rings. The summed E-state index contributed by atoms with van der Waals surface area (Å²) in [5.74, 6) is 2.05. The maximum absolute atomic E-state index is 2.39. The van der Waals surface area contributed by atoms with Crippen LogP contribution in [0, 0.1) is 11.8 Å². The minimum Gasteiger partial charge on any atom is -0.0654 e. The van der Waals surface area contributed by atoms with Crippen molar-refractivity contribution in [2.45, 2.75) is 110 Å². The van der Waals surface area contributed by atoms with Gasteiger partial charge in [-0.05, 0) is 48.6 Å². The fraction of sp³-hybridized carbons (Fsp3) is 0.760. The Balaban J connectivity index is 1.60. The van der Waals surface area contributed by atoms with Gasteiger partial charge < -0.3 is 0 Å². The van der Waals surface area contributed by atoms with Crippen molar-refractivity contribution in [3.63, 3.8) is 0 Å². The topological polar surface area (TPSA) is 0 Å². The molecule has 1 aromatic carbocycles. The monoisotopic (exact) mass is 342 g/mol. The highest BCUT2D eigenvalue weighted by Crippen LogP contribution is 2.34. The van der Waals surface area contributed by atoms with Gasteiger partial charge in [0.2, 0.25) is 0 Å². The van der Waals surface area contributed by atoms with Crippen LogP contribution < -0.4 is 0 Å². The number of aryl methyl sites for hydroxylation is 2. The average molecular weight is 343 g/mol. The third kappa shape index (κ3) is 8.43. The van der Waals surface area contributed by atoms with E-state index in [9.17, 15) is 0 Å². The molecule has 1 aliphatic carbocycles. The molecular formula is C25H42. The van der Waals surface area contributed by atoms with Crippen molar-refractivity contribution in [2.75, 3.05) is 0 Å². The third-order valence-corrected chi connectivity index (χ3v) is 6.37. The van der Waals surface area contributed by atoms with Crippen LogP contribution in [-0.2, 0) is 12.8 Å². The van der Waals surface area contributed by atoms with Crippen LogP contribution in [0.3, 0.4) is 0 Å². The second kappa shape index (κ2) is 12.6. The predicted molar refractivity (Wildman–Crippen MR) is 112 cm³/mol. The van der Waals surface area contributed by atoms with E-state index in [-0.39, 0.29) is 0 Å². The molecular weight excluding hydrogens is 300 g/mol. The number of hydrogen-bond donors (Lipinski definition) is 0. The molecule has 1 saturated carbocycles. The number of rotatable bonds is 12. The lowest BCUT2D eigenvalue weighted by molar-refractivity contribution is 0.249. The second-order valence-electron chi connectivity index (χ2n) is 8.55. The van der Waals surface area contributed by atoms with Crippen molar-refractivity contribution in [1.29, 1.82) is 0 Å². The lowest BCUT2D eigenvalue weighted by Gasteiger charge is -2.28. The Morgan fingerprint density at radius 1 is 0.600 bits per heavy atom. The van der Waals surface area contributed by atoms with Crippen LogP contribution in [-0.4, -0.2) is 0 Å². The molecule has 2 rings (SSSR count). The molecule has 1 aromatic rings. The van der Waals surface area contributed by atoms with Crippen LogP contribution in [0.15, 0.2) is 24.3 Å². The maximum Gasteiger partial charge on any atom is -0.0276 e. The summed E-state index contributed by atoms with van der Waals surface area (Å²) in [4.78, 5) is 0. The fourth-order valence-corrected chi connectivity index (χ4v) is 4.49. The van der Waals surface area contributed by atoms with Crippen LogP contribution in [0.2, 0.25) is 0 Å². The van der Waals surface area contributed by atoms with E-state index >= 15 is 0 Å². The summed E-state index contributed by atoms with van der Waals surface area (Å²) in [6.07, 6.45) is 21.2. The molecule has 0 radical (unpaired) electrons. The number of benzene rings is 1. The Morgan fingerprint density at radius 2 is 1.12 bits per heavy atom. The Kier molecular flexibility index (Phi) is 10.3. The van der Waals surface area contributed by atoms with Crippen LogP contribution in [0.25, 0.3) is 0 Å². The van der Waals surface area contributed by atoms with Crippen molar-refractivity contribution >= 4 is 0 Å². The highest BCUT2D eigenvalue weighted by atomic mass is 14.3. The van der Waals surface area contributed by atoms with Gasteiger partial charge in [0.25, 0.3) is 0 Å².